The SMILES string of the molecule is c1ccc(C[Se]CCCCCCCCCCC[n+]2ccccc2)cc1. The van der Waals surface area contributed by atoms with Gasteiger partial charge in [-0.25, -0.2) is 0 Å². The summed E-state index contributed by atoms with van der Waals surface area (Å²) >= 11 is 0.804. The van der Waals surface area contributed by atoms with Gasteiger partial charge in [-0.05, 0) is 0 Å². The second-order valence-electron chi connectivity index (χ2n) is 6.83. The molecule has 0 saturated carbocycles. The number of hydrogen-bond acceptors (Lipinski definition) is 0. The molecule has 0 saturated heterocycles. The standard InChI is InChI=1S/C23H34NSe/c1(2-4-6-12-18-24-19-13-9-14-20-24)3-5-7-15-21-25-22-23-16-10-8-11-17-23/h8-11,13-14,16-17,19-20H,1-7,12,15,18,21-22H2/q+1. The van der Waals surface area contributed by atoms with Crippen molar-refractivity contribution in [3.8, 4) is 0 Å². The molecule has 0 bridgehead atoms. The molecule has 1 aromatic carbocycles. The molecule has 1 nitrogen and oxygen atoms in total. The van der Waals surface area contributed by atoms with E-state index in [1.165, 1.54) is 80.5 Å². The van der Waals surface area contributed by atoms with Crippen LogP contribution in [0.25, 0.3) is 0 Å². The van der Waals surface area contributed by atoms with E-state index in [0.717, 1.165) is 15.0 Å². The minimum atomic E-state index is 0.804. The van der Waals surface area contributed by atoms with Gasteiger partial charge in [0.05, 0.1) is 0 Å². The maximum absolute atomic E-state index is 2.29. The molecule has 0 radical (unpaired) electrons. The van der Waals surface area contributed by atoms with E-state index in [0.29, 0.717) is 0 Å². The van der Waals surface area contributed by atoms with E-state index in [4.69, 9.17) is 0 Å². The third kappa shape index (κ3) is 10.5. The first-order valence-electron chi connectivity index (χ1n) is 10.0. The molecular weight excluding hydrogens is 369 g/mol. The van der Waals surface area contributed by atoms with Gasteiger partial charge in [0.25, 0.3) is 0 Å². The van der Waals surface area contributed by atoms with Crippen molar-refractivity contribution in [3.63, 3.8) is 0 Å². The van der Waals surface area contributed by atoms with E-state index in [-0.39, 0.29) is 0 Å². The van der Waals surface area contributed by atoms with Crippen LogP contribution in [0.1, 0.15) is 63.4 Å². The van der Waals surface area contributed by atoms with Crippen LogP contribution in [-0.2, 0) is 11.9 Å². The zero-order valence-electron chi connectivity index (χ0n) is 15.6. The molecule has 1 heterocycles. The molecule has 2 aromatic rings. The number of aryl methyl sites for hydroxylation is 1. The van der Waals surface area contributed by atoms with Gasteiger partial charge < -0.3 is 0 Å². The molecule has 0 spiro atoms. The molecule has 0 atom stereocenters. The van der Waals surface area contributed by atoms with Gasteiger partial charge in [0.15, 0.2) is 12.4 Å². The van der Waals surface area contributed by atoms with Crippen LogP contribution in [0.2, 0.25) is 5.32 Å². The summed E-state index contributed by atoms with van der Waals surface area (Å²) in [4.78, 5) is 0. The Morgan fingerprint density at radius 3 is 1.84 bits per heavy atom. The summed E-state index contributed by atoms with van der Waals surface area (Å²) in [6.07, 6.45) is 17.1. The second kappa shape index (κ2) is 14.1. The first kappa shape index (κ1) is 20.2. The van der Waals surface area contributed by atoms with Crippen molar-refractivity contribution < 1.29 is 4.57 Å². The van der Waals surface area contributed by atoms with Crippen LogP contribution in [0, 0.1) is 0 Å². The Hall–Kier alpha value is -1.11. The fourth-order valence-corrected chi connectivity index (χ4v) is 5.14. The van der Waals surface area contributed by atoms with Gasteiger partial charge in [0, 0.05) is 12.1 Å². The number of benzene rings is 1. The van der Waals surface area contributed by atoms with Crippen molar-refractivity contribution in [2.45, 2.75) is 75.0 Å². The number of hydrogen-bond donors (Lipinski definition) is 0. The fourth-order valence-electron chi connectivity index (χ4n) is 3.08. The Labute approximate surface area is 161 Å². The molecule has 0 aliphatic carbocycles. The summed E-state index contributed by atoms with van der Waals surface area (Å²) in [6, 6.07) is 17.3. The Morgan fingerprint density at radius 1 is 0.600 bits per heavy atom. The third-order valence-corrected chi connectivity index (χ3v) is 6.93. The summed E-state index contributed by atoms with van der Waals surface area (Å²) in [5.74, 6) is 0. The minimum absolute atomic E-state index is 0.804. The molecular formula is C23H34NSe+. The number of pyridine rings is 1. The van der Waals surface area contributed by atoms with Crippen LogP contribution in [0.3, 0.4) is 0 Å². The monoisotopic (exact) mass is 404 g/mol. The topological polar surface area (TPSA) is 3.88 Å². The van der Waals surface area contributed by atoms with E-state index in [2.05, 4.69) is 65.5 Å². The van der Waals surface area contributed by atoms with Crippen LogP contribution in [0.15, 0.2) is 60.9 Å². The van der Waals surface area contributed by atoms with Crippen molar-refractivity contribution in [3.05, 3.63) is 66.5 Å². The molecule has 0 N–H and O–H groups in total. The van der Waals surface area contributed by atoms with Crippen molar-refractivity contribution >= 4 is 15.0 Å². The Bertz CT molecular complexity index is 477. The number of rotatable bonds is 14. The molecule has 0 aliphatic heterocycles. The average molecular weight is 403 g/mol. The van der Waals surface area contributed by atoms with Gasteiger partial charge in [-0.1, -0.05) is 6.07 Å². The van der Waals surface area contributed by atoms with Crippen LogP contribution < -0.4 is 4.57 Å². The van der Waals surface area contributed by atoms with E-state index < -0.39 is 0 Å². The number of unbranched alkanes of at least 4 members (excludes halogenated alkanes) is 8. The summed E-state index contributed by atoms with van der Waals surface area (Å²) in [6.45, 7) is 1.17. The van der Waals surface area contributed by atoms with Gasteiger partial charge in [-0.15, -0.1) is 0 Å². The molecule has 2 rings (SSSR count). The predicted octanol–water partition coefficient (Wildman–Crippen LogP) is 5.81. The van der Waals surface area contributed by atoms with Crippen molar-refractivity contribution in [1.82, 2.24) is 0 Å². The van der Waals surface area contributed by atoms with Crippen molar-refractivity contribution in [2.24, 2.45) is 0 Å². The molecule has 0 aliphatic rings. The average Bonchev–Trinajstić information content (AvgIpc) is 2.67. The third-order valence-electron chi connectivity index (χ3n) is 4.59. The van der Waals surface area contributed by atoms with Gasteiger partial charge in [0.2, 0.25) is 0 Å². The summed E-state index contributed by atoms with van der Waals surface area (Å²) in [5, 5.41) is 2.77. The van der Waals surface area contributed by atoms with Crippen LogP contribution >= 0.6 is 0 Å². The normalized spacial score (nSPS) is 10.9. The molecule has 0 amide bonds. The van der Waals surface area contributed by atoms with E-state index >= 15 is 0 Å². The second-order valence-corrected chi connectivity index (χ2v) is 9.15. The van der Waals surface area contributed by atoms with E-state index in [1.807, 2.05) is 0 Å². The predicted molar refractivity (Wildman–Crippen MR) is 109 cm³/mol. The first-order valence-corrected chi connectivity index (χ1v) is 12.4. The molecule has 136 valence electrons. The zero-order chi connectivity index (χ0) is 17.4. The van der Waals surface area contributed by atoms with Gasteiger partial charge >= 0.3 is 130 Å². The molecule has 0 unspecified atom stereocenters. The fraction of sp³-hybridized carbons (Fsp3) is 0.522. The summed E-state index contributed by atoms with van der Waals surface area (Å²) < 4.78 is 2.29. The van der Waals surface area contributed by atoms with Crippen LogP contribution in [0.4, 0.5) is 0 Å². The molecule has 2 heteroatoms. The summed E-state index contributed by atoms with van der Waals surface area (Å²) in [5.41, 5.74) is 1.52. The van der Waals surface area contributed by atoms with Crippen molar-refractivity contribution in [2.75, 3.05) is 0 Å². The number of nitrogens with zero attached hydrogens (tertiary/aromatic N) is 1. The summed E-state index contributed by atoms with van der Waals surface area (Å²) in [7, 11) is 0. The van der Waals surface area contributed by atoms with Gasteiger partial charge in [-0.3, -0.25) is 0 Å². The van der Waals surface area contributed by atoms with Crippen molar-refractivity contribution in [1.29, 1.82) is 0 Å². The van der Waals surface area contributed by atoms with E-state index in [1.54, 1.807) is 0 Å². The van der Waals surface area contributed by atoms with Crippen LogP contribution in [0.5, 0.6) is 0 Å². The molecule has 1 aromatic heterocycles. The maximum atomic E-state index is 2.29. The Morgan fingerprint density at radius 2 is 1.16 bits per heavy atom. The van der Waals surface area contributed by atoms with Gasteiger partial charge in [0.1, 0.15) is 0 Å². The van der Waals surface area contributed by atoms with Gasteiger partial charge in [-0.2, -0.15) is 0 Å². The molecule has 25 heavy (non-hydrogen) atoms. The zero-order valence-corrected chi connectivity index (χ0v) is 17.3. The first-order chi connectivity index (χ1) is 12.4. The molecule has 0 fully saturated rings. The van der Waals surface area contributed by atoms with E-state index in [9.17, 15) is 0 Å². The Balaban J connectivity index is 1.30. The quantitative estimate of drug-likeness (QED) is 0.213. The van der Waals surface area contributed by atoms with Crippen LogP contribution in [-0.4, -0.2) is 15.0 Å². The number of aromatic nitrogens is 1. The Kier molecular flexibility index (Phi) is 11.4.